The van der Waals surface area contributed by atoms with E-state index in [9.17, 15) is 8.78 Å². The van der Waals surface area contributed by atoms with Gasteiger partial charge in [0.25, 0.3) is 0 Å². The number of fused-ring (bicyclic) bond motifs is 1. The van der Waals surface area contributed by atoms with Crippen molar-refractivity contribution >= 4 is 11.6 Å². The molecular formula is C18H17ClF2. The minimum atomic E-state index is -0.785. The van der Waals surface area contributed by atoms with E-state index in [0.29, 0.717) is 12.0 Å². The van der Waals surface area contributed by atoms with Crippen LogP contribution >= 0.6 is 11.6 Å². The van der Waals surface area contributed by atoms with Crippen LogP contribution in [0.2, 0.25) is 0 Å². The standard InChI is InChI=1S/C18H17ClF2/c19-17-13(11-14-8-4-10-16(20)18(14)21)7-3-6-12-5-1-2-9-15(12)17/h1-2,4-5,8-10,13,17H,3,6-7,11H2. The predicted molar refractivity (Wildman–Crippen MR) is 81.5 cm³/mol. The summed E-state index contributed by atoms with van der Waals surface area (Å²) in [5, 5.41) is -0.147. The van der Waals surface area contributed by atoms with E-state index in [1.54, 1.807) is 12.1 Å². The third-order valence-electron chi connectivity index (χ3n) is 4.30. The van der Waals surface area contributed by atoms with Gasteiger partial charge in [-0.3, -0.25) is 0 Å². The molecule has 2 aromatic carbocycles. The van der Waals surface area contributed by atoms with Gasteiger partial charge in [-0.05, 0) is 54.4 Å². The van der Waals surface area contributed by atoms with Crippen LogP contribution in [-0.4, -0.2) is 0 Å². The minimum Gasteiger partial charge on any atom is -0.204 e. The van der Waals surface area contributed by atoms with Gasteiger partial charge in [0.1, 0.15) is 0 Å². The maximum atomic E-state index is 13.9. The lowest BCUT2D eigenvalue weighted by atomic mass is 9.90. The summed E-state index contributed by atoms with van der Waals surface area (Å²) in [5.41, 5.74) is 2.84. The second kappa shape index (κ2) is 6.15. The van der Waals surface area contributed by atoms with Crippen molar-refractivity contribution in [3.05, 3.63) is 70.8 Å². The first kappa shape index (κ1) is 14.5. The minimum absolute atomic E-state index is 0.131. The normalized spacial score (nSPS) is 21.7. The molecule has 1 aliphatic carbocycles. The van der Waals surface area contributed by atoms with Gasteiger partial charge in [0, 0.05) is 0 Å². The largest absolute Gasteiger partial charge is 0.204 e. The topological polar surface area (TPSA) is 0 Å². The maximum absolute atomic E-state index is 13.9. The predicted octanol–water partition coefficient (Wildman–Crippen LogP) is 5.44. The fourth-order valence-corrected chi connectivity index (χ4v) is 3.61. The highest BCUT2D eigenvalue weighted by atomic mass is 35.5. The number of alkyl halides is 1. The van der Waals surface area contributed by atoms with Crippen molar-refractivity contribution in [3.8, 4) is 0 Å². The first-order valence-electron chi connectivity index (χ1n) is 7.31. The van der Waals surface area contributed by atoms with E-state index in [1.807, 2.05) is 18.2 Å². The van der Waals surface area contributed by atoms with Crippen molar-refractivity contribution in [3.63, 3.8) is 0 Å². The van der Waals surface area contributed by atoms with Crippen LogP contribution in [0.25, 0.3) is 0 Å². The lowest BCUT2D eigenvalue weighted by Gasteiger charge is -2.21. The molecule has 0 radical (unpaired) electrons. The summed E-state index contributed by atoms with van der Waals surface area (Å²) < 4.78 is 27.2. The lowest BCUT2D eigenvalue weighted by molar-refractivity contribution is 0.441. The monoisotopic (exact) mass is 306 g/mol. The smallest absolute Gasteiger partial charge is 0.162 e. The summed E-state index contributed by atoms with van der Waals surface area (Å²) in [6.07, 6.45) is 3.44. The maximum Gasteiger partial charge on any atom is 0.162 e. The molecule has 0 N–H and O–H groups in total. The Morgan fingerprint density at radius 2 is 1.86 bits per heavy atom. The number of aryl methyl sites for hydroxylation is 1. The van der Waals surface area contributed by atoms with Gasteiger partial charge in [-0.1, -0.05) is 36.4 Å². The van der Waals surface area contributed by atoms with Crippen LogP contribution in [0.15, 0.2) is 42.5 Å². The summed E-state index contributed by atoms with van der Waals surface area (Å²) in [4.78, 5) is 0. The van der Waals surface area contributed by atoms with Gasteiger partial charge in [0.05, 0.1) is 5.38 Å². The molecular weight excluding hydrogens is 290 g/mol. The van der Waals surface area contributed by atoms with Gasteiger partial charge in [-0.2, -0.15) is 0 Å². The van der Waals surface area contributed by atoms with Gasteiger partial charge >= 0.3 is 0 Å². The van der Waals surface area contributed by atoms with Crippen molar-refractivity contribution in [1.29, 1.82) is 0 Å². The summed E-state index contributed by atoms with van der Waals surface area (Å²) in [5.74, 6) is -1.39. The Balaban J connectivity index is 1.88. The Hall–Kier alpha value is -1.41. The first-order valence-corrected chi connectivity index (χ1v) is 7.75. The van der Waals surface area contributed by atoms with E-state index in [4.69, 9.17) is 11.6 Å². The Bertz CT molecular complexity index is 639. The first-order chi connectivity index (χ1) is 10.2. The van der Waals surface area contributed by atoms with E-state index in [1.165, 1.54) is 5.56 Å². The summed E-state index contributed by atoms with van der Waals surface area (Å²) >= 11 is 6.64. The molecule has 0 aliphatic heterocycles. The van der Waals surface area contributed by atoms with Gasteiger partial charge < -0.3 is 0 Å². The molecule has 0 amide bonds. The molecule has 2 atom stereocenters. The van der Waals surface area contributed by atoms with Crippen molar-refractivity contribution in [2.75, 3.05) is 0 Å². The summed E-state index contributed by atoms with van der Waals surface area (Å²) in [6.45, 7) is 0. The van der Waals surface area contributed by atoms with Crippen molar-refractivity contribution in [1.82, 2.24) is 0 Å². The highest BCUT2D eigenvalue weighted by Gasteiger charge is 2.27. The fraction of sp³-hybridized carbons (Fsp3) is 0.333. The van der Waals surface area contributed by atoms with E-state index in [-0.39, 0.29) is 11.3 Å². The third kappa shape index (κ3) is 2.96. The zero-order valence-electron chi connectivity index (χ0n) is 11.7. The van der Waals surface area contributed by atoms with E-state index in [0.717, 1.165) is 30.9 Å². The van der Waals surface area contributed by atoms with E-state index in [2.05, 4.69) is 6.07 Å². The Kier molecular flexibility index (Phi) is 4.25. The van der Waals surface area contributed by atoms with E-state index >= 15 is 0 Å². The SMILES string of the molecule is Fc1cccc(CC2CCCc3ccccc3C2Cl)c1F. The molecule has 2 aromatic rings. The zero-order valence-corrected chi connectivity index (χ0v) is 12.4. The number of benzene rings is 2. The number of halogens is 3. The van der Waals surface area contributed by atoms with Gasteiger partial charge in [-0.25, -0.2) is 8.78 Å². The molecule has 1 aliphatic rings. The lowest BCUT2D eigenvalue weighted by Crippen LogP contribution is -2.12. The number of hydrogen-bond donors (Lipinski definition) is 0. The molecule has 0 aromatic heterocycles. The highest BCUT2D eigenvalue weighted by molar-refractivity contribution is 6.21. The van der Waals surface area contributed by atoms with Crippen LogP contribution < -0.4 is 0 Å². The number of hydrogen-bond acceptors (Lipinski definition) is 0. The average molecular weight is 307 g/mol. The molecule has 110 valence electrons. The molecule has 0 fully saturated rings. The van der Waals surface area contributed by atoms with Crippen molar-refractivity contribution in [2.45, 2.75) is 31.1 Å². The fourth-order valence-electron chi connectivity index (χ4n) is 3.18. The molecule has 21 heavy (non-hydrogen) atoms. The van der Waals surface area contributed by atoms with Crippen LogP contribution in [-0.2, 0) is 12.8 Å². The van der Waals surface area contributed by atoms with Gasteiger partial charge in [0.2, 0.25) is 0 Å². The quantitative estimate of drug-likeness (QED) is 0.512. The molecule has 0 saturated carbocycles. The molecule has 0 nitrogen and oxygen atoms in total. The van der Waals surface area contributed by atoms with Gasteiger partial charge in [-0.15, -0.1) is 11.6 Å². The molecule has 0 spiro atoms. The number of rotatable bonds is 2. The zero-order chi connectivity index (χ0) is 14.8. The Labute approximate surface area is 128 Å². The van der Waals surface area contributed by atoms with Crippen molar-refractivity contribution < 1.29 is 8.78 Å². The van der Waals surface area contributed by atoms with Crippen LogP contribution in [0.4, 0.5) is 8.78 Å². The van der Waals surface area contributed by atoms with Crippen LogP contribution in [0.3, 0.4) is 0 Å². The second-order valence-corrected chi connectivity index (χ2v) is 6.14. The van der Waals surface area contributed by atoms with Crippen LogP contribution in [0, 0.1) is 17.6 Å². The highest BCUT2D eigenvalue weighted by Crippen LogP contribution is 2.39. The molecule has 0 saturated heterocycles. The molecule has 2 unspecified atom stereocenters. The Morgan fingerprint density at radius 1 is 1.05 bits per heavy atom. The van der Waals surface area contributed by atoms with Gasteiger partial charge in [0.15, 0.2) is 11.6 Å². The van der Waals surface area contributed by atoms with Crippen LogP contribution in [0.1, 0.15) is 34.9 Å². The Morgan fingerprint density at radius 3 is 2.71 bits per heavy atom. The summed E-state index contributed by atoms with van der Waals surface area (Å²) in [6, 6.07) is 12.5. The third-order valence-corrected chi connectivity index (χ3v) is 4.89. The average Bonchev–Trinajstić information content (AvgIpc) is 2.65. The molecule has 0 bridgehead atoms. The summed E-state index contributed by atoms with van der Waals surface area (Å²) in [7, 11) is 0. The molecule has 3 heteroatoms. The van der Waals surface area contributed by atoms with Crippen LogP contribution in [0.5, 0.6) is 0 Å². The van der Waals surface area contributed by atoms with E-state index < -0.39 is 11.6 Å². The molecule has 0 heterocycles. The molecule has 3 rings (SSSR count). The second-order valence-electron chi connectivity index (χ2n) is 5.67. The van der Waals surface area contributed by atoms with Crippen molar-refractivity contribution in [2.24, 2.45) is 5.92 Å².